The van der Waals surface area contributed by atoms with E-state index >= 15 is 0 Å². The van der Waals surface area contributed by atoms with Gasteiger partial charge in [0.15, 0.2) is 0 Å². The Labute approximate surface area is 119 Å². The molecule has 0 amide bonds. The normalized spacial score (nSPS) is 15.1. The monoisotopic (exact) mass is 299 g/mol. The van der Waals surface area contributed by atoms with Crippen molar-refractivity contribution in [2.45, 2.75) is 0 Å². The number of benzene rings is 1. The Morgan fingerprint density at radius 3 is 2.40 bits per heavy atom. The number of nitro benzene ring substituents is 1. The molecular formula is C11H14ClN5O3. The second kappa shape index (κ2) is 5.51. The zero-order chi connectivity index (χ0) is 13.4. The smallest absolute Gasteiger partial charge is 0.323 e. The Bertz CT molecular complexity index is 689. The van der Waals surface area contributed by atoms with Crippen LogP contribution in [0.3, 0.4) is 0 Å². The van der Waals surface area contributed by atoms with E-state index in [1.165, 1.54) is 6.07 Å². The average Bonchev–Trinajstić information content (AvgIpc) is 2.77. The molecule has 0 spiro atoms. The molecule has 3 rings (SSSR count). The fraction of sp³-hybridized carbons (Fsp3) is 0.364. The third-order valence-corrected chi connectivity index (χ3v) is 3.35. The number of H-pyrrole nitrogens is 2. The number of anilines is 1. The van der Waals surface area contributed by atoms with Crippen molar-refractivity contribution in [2.24, 2.45) is 0 Å². The van der Waals surface area contributed by atoms with Gasteiger partial charge in [0.25, 0.3) is 5.69 Å². The Kier molecular flexibility index (Phi) is 3.96. The number of hydrogen-bond donors (Lipinski definition) is 3. The van der Waals surface area contributed by atoms with Gasteiger partial charge in [-0.3, -0.25) is 10.1 Å². The number of nitrogens with one attached hydrogen (secondary N) is 2. The van der Waals surface area contributed by atoms with Crippen LogP contribution in [0.15, 0.2) is 16.9 Å². The first kappa shape index (κ1) is 14.4. The maximum Gasteiger partial charge on any atom is 0.323 e. The van der Waals surface area contributed by atoms with Gasteiger partial charge in [-0.25, -0.2) is 4.79 Å². The number of piperazine rings is 1. The topological polar surface area (TPSA) is 112 Å². The van der Waals surface area contributed by atoms with Gasteiger partial charge in [0.1, 0.15) is 5.69 Å². The second-order valence-corrected chi connectivity index (χ2v) is 4.58. The summed E-state index contributed by atoms with van der Waals surface area (Å²) in [6, 6.07) is 3.09. The van der Waals surface area contributed by atoms with Gasteiger partial charge in [0.05, 0.1) is 42.1 Å². The lowest BCUT2D eigenvalue weighted by Crippen LogP contribution is -3.00. The van der Waals surface area contributed by atoms with Crippen molar-refractivity contribution >= 4 is 22.4 Å². The number of rotatable bonds is 2. The van der Waals surface area contributed by atoms with E-state index in [4.69, 9.17) is 0 Å². The minimum Gasteiger partial charge on any atom is -1.00 e. The molecule has 1 fully saturated rings. The highest BCUT2D eigenvalue weighted by Gasteiger charge is 2.23. The largest absolute Gasteiger partial charge is 1.00 e. The van der Waals surface area contributed by atoms with Crippen LogP contribution in [-0.2, 0) is 0 Å². The average molecular weight is 300 g/mol. The van der Waals surface area contributed by atoms with Crippen LogP contribution >= 0.6 is 0 Å². The lowest BCUT2D eigenvalue weighted by molar-refractivity contribution is -0.655. The van der Waals surface area contributed by atoms with Gasteiger partial charge in [-0.1, -0.05) is 0 Å². The predicted octanol–water partition coefficient (Wildman–Crippen LogP) is -3.85. The van der Waals surface area contributed by atoms with Crippen LogP contribution < -0.4 is 28.3 Å². The highest BCUT2D eigenvalue weighted by atomic mass is 35.5. The SMILES string of the molecule is O=c1[nH]c2cc(N3CC[NH2+]CC3)c([N+](=O)[O-])cc2[nH]1.[Cl-]. The molecule has 0 saturated carbocycles. The summed E-state index contributed by atoms with van der Waals surface area (Å²) in [6.45, 7) is 3.36. The zero-order valence-electron chi connectivity index (χ0n) is 10.6. The molecule has 0 unspecified atom stereocenters. The maximum atomic E-state index is 11.3. The molecule has 9 heteroatoms. The fourth-order valence-electron chi connectivity index (χ4n) is 2.45. The summed E-state index contributed by atoms with van der Waals surface area (Å²) in [5.41, 5.74) is 1.31. The summed E-state index contributed by atoms with van der Waals surface area (Å²) < 4.78 is 0. The van der Waals surface area contributed by atoms with Crippen molar-refractivity contribution in [1.82, 2.24) is 9.97 Å². The zero-order valence-corrected chi connectivity index (χ0v) is 11.3. The highest BCUT2D eigenvalue weighted by Crippen LogP contribution is 2.31. The van der Waals surface area contributed by atoms with Crippen molar-refractivity contribution in [3.05, 3.63) is 32.7 Å². The minimum atomic E-state index is -0.404. The summed E-state index contributed by atoms with van der Waals surface area (Å²) in [5.74, 6) is 0. The lowest BCUT2D eigenvalue weighted by Gasteiger charge is -2.26. The quantitative estimate of drug-likeness (QED) is 0.389. The number of nitrogens with zero attached hydrogens (tertiary/aromatic N) is 2. The molecule has 8 nitrogen and oxygen atoms in total. The number of nitrogens with two attached hydrogens (primary N) is 1. The number of halogens is 1. The van der Waals surface area contributed by atoms with Gasteiger partial charge in [-0.2, -0.15) is 0 Å². The Hall–Kier alpha value is -2.06. The van der Waals surface area contributed by atoms with Crippen LogP contribution in [0.4, 0.5) is 11.4 Å². The summed E-state index contributed by atoms with van der Waals surface area (Å²) in [4.78, 5) is 29.2. The van der Waals surface area contributed by atoms with E-state index in [0.29, 0.717) is 16.7 Å². The first-order valence-corrected chi connectivity index (χ1v) is 6.12. The van der Waals surface area contributed by atoms with Gasteiger partial charge < -0.3 is 32.6 Å². The predicted molar refractivity (Wildman–Crippen MR) is 69.4 cm³/mol. The third kappa shape index (κ3) is 2.47. The number of imidazole rings is 1. The van der Waals surface area contributed by atoms with E-state index in [0.717, 1.165) is 26.2 Å². The van der Waals surface area contributed by atoms with Crippen LogP contribution in [0.25, 0.3) is 11.0 Å². The number of nitro groups is 1. The van der Waals surface area contributed by atoms with Crippen molar-refractivity contribution in [3.63, 3.8) is 0 Å². The van der Waals surface area contributed by atoms with Gasteiger partial charge in [-0.05, 0) is 6.07 Å². The molecule has 0 radical (unpaired) electrons. The van der Waals surface area contributed by atoms with E-state index in [2.05, 4.69) is 15.3 Å². The molecule has 1 aliphatic heterocycles. The lowest BCUT2D eigenvalue weighted by atomic mass is 10.2. The fourth-order valence-corrected chi connectivity index (χ4v) is 2.45. The molecule has 1 aliphatic rings. The molecule has 4 N–H and O–H groups in total. The molecule has 1 aromatic carbocycles. The summed E-state index contributed by atoms with van der Waals surface area (Å²) in [7, 11) is 0. The van der Waals surface area contributed by atoms with E-state index in [1.54, 1.807) is 6.07 Å². The van der Waals surface area contributed by atoms with Crippen LogP contribution in [0.2, 0.25) is 0 Å². The Morgan fingerprint density at radius 2 is 1.80 bits per heavy atom. The maximum absolute atomic E-state index is 11.3. The molecule has 0 aliphatic carbocycles. The molecule has 0 bridgehead atoms. The first-order valence-electron chi connectivity index (χ1n) is 6.12. The van der Waals surface area contributed by atoms with E-state index in [-0.39, 0.29) is 23.8 Å². The number of aromatic nitrogens is 2. The third-order valence-electron chi connectivity index (χ3n) is 3.35. The van der Waals surface area contributed by atoms with Gasteiger partial charge in [0.2, 0.25) is 0 Å². The molecule has 0 atom stereocenters. The number of aromatic amines is 2. The molecule has 2 aromatic rings. The Morgan fingerprint density at radius 1 is 1.20 bits per heavy atom. The molecule has 20 heavy (non-hydrogen) atoms. The molecule has 108 valence electrons. The summed E-state index contributed by atoms with van der Waals surface area (Å²) in [5, 5.41) is 13.4. The molecular weight excluding hydrogens is 286 g/mol. The summed E-state index contributed by atoms with van der Waals surface area (Å²) in [6.07, 6.45) is 0. The van der Waals surface area contributed by atoms with Crippen molar-refractivity contribution in [3.8, 4) is 0 Å². The van der Waals surface area contributed by atoms with E-state index < -0.39 is 4.92 Å². The second-order valence-electron chi connectivity index (χ2n) is 4.58. The Balaban J connectivity index is 0.00000147. The van der Waals surface area contributed by atoms with Crippen molar-refractivity contribution in [1.29, 1.82) is 0 Å². The van der Waals surface area contributed by atoms with Crippen LogP contribution in [0.5, 0.6) is 0 Å². The standard InChI is InChI=1S/C11H13N5O3.ClH/c17-11-13-7-5-9(15-3-1-12-2-4-15)10(16(18)19)6-8(7)14-11;/h5-6,12H,1-4H2,(H2,13,14,17);1H. The minimum absolute atomic E-state index is 0. The number of quaternary nitrogens is 1. The number of fused-ring (bicyclic) bond motifs is 1. The van der Waals surface area contributed by atoms with E-state index in [9.17, 15) is 14.9 Å². The van der Waals surface area contributed by atoms with Crippen LogP contribution in [-0.4, -0.2) is 41.1 Å². The van der Waals surface area contributed by atoms with Crippen LogP contribution in [0.1, 0.15) is 0 Å². The number of hydrogen-bond acceptors (Lipinski definition) is 4. The highest BCUT2D eigenvalue weighted by molar-refractivity contribution is 5.85. The van der Waals surface area contributed by atoms with Crippen LogP contribution in [0, 0.1) is 10.1 Å². The molecule has 1 saturated heterocycles. The van der Waals surface area contributed by atoms with Crippen molar-refractivity contribution < 1.29 is 22.6 Å². The first-order chi connectivity index (χ1) is 9.15. The molecule has 1 aromatic heterocycles. The molecule has 2 heterocycles. The van der Waals surface area contributed by atoms with Gasteiger partial charge in [0, 0.05) is 6.07 Å². The summed E-state index contributed by atoms with van der Waals surface area (Å²) >= 11 is 0. The van der Waals surface area contributed by atoms with Crippen molar-refractivity contribution in [2.75, 3.05) is 31.1 Å². The van der Waals surface area contributed by atoms with E-state index in [1.807, 2.05) is 4.90 Å². The van der Waals surface area contributed by atoms with Gasteiger partial charge in [-0.15, -0.1) is 0 Å². The van der Waals surface area contributed by atoms with Gasteiger partial charge >= 0.3 is 5.69 Å².